The van der Waals surface area contributed by atoms with Crippen LogP contribution in [0.4, 0.5) is 11.4 Å². The Hall–Kier alpha value is -4.08. The van der Waals surface area contributed by atoms with Crippen LogP contribution in [0.3, 0.4) is 0 Å². The zero-order valence-electron chi connectivity index (χ0n) is 61.5. The Morgan fingerprint density at radius 2 is 0.615 bits per heavy atom. The van der Waals surface area contributed by atoms with E-state index >= 15 is 9.59 Å². The first kappa shape index (κ1) is 77.7. The van der Waals surface area contributed by atoms with E-state index in [1.807, 2.05) is 45.3 Å². The lowest BCUT2D eigenvalue weighted by atomic mass is 9.93. The number of carbonyl (C=O) groups excluding carboxylic acids is 2. The largest absolute Gasteiger partial charge is 0.307 e. The smallest absolute Gasteiger partial charge is 0.259 e. The first-order valence-corrected chi connectivity index (χ1v) is 43.7. The number of unbranched alkanes of at least 4 members (excludes halogenated alkanes) is 34. The number of fused-ring (bicyclic) bond motifs is 2. The van der Waals surface area contributed by atoms with Gasteiger partial charge in [-0.1, -0.05) is 322 Å². The summed E-state index contributed by atoms with van der Waals surface area (Å²) < 4.78 is 0. The van der Waals surface area contributed by atoms with Gasteiger partial charge in [0, 0.05) is 53.5 Å². The number of hydrogen-bond donors (Lipinski definition) is 0. The van der Waals surface area contributed by atoms with E-state index in [1.165, 1.54) is 308 Å². The van der Waals surface area contributed by atoms with Gasteiger partial charge in [0.2, 0.25) is 0 Å². The van der Waals surface area contributed by atoms with Crippen molar-refractivity contribution in [2.45, 2.75) is 337 Å². The molecule has 8 heteroatoms. The van der Waals surface area contributed by atoms with Crippen LogP contribution in [0.1, 0.15) is 346 Å². The molecule has 0 radical (unpaired) electrons. The summed E-state index contributed by atoms with van der Waals surface area (Å²) in [6.07, 6.45) is 58.5. The number of rotatable bonds is 54. The Morgan fingerprint density at radius 3 is 0.917 bits per heavy atom. The molecule has 2 aromatic carbocycles. The van der Waals surface area contributed by atoms with E-state index in [0.29, 0.717) is 36.1 Å². The summed E-state index contributed by atoms with van der Waals surface area (Å²) in [6.45, 7) is 15.2. The molecule has 4 aromatic heterocycles. The fourth-order valence-corrected chi connectivity index (χ4v) is 19.7. The van der Waals surface area contributed by atoms with E-state index in [1.54, 1.807) is 0 Å². The summed E-state index contributed by atoms with van der Waals surface area (Å²) in [6, 6.07) is 27.9. The van der Waals surface area contributed by atoms with Crippen molar-refractivity contribution < 1.29 is 9.59 Å². The Morgan fingerprint density at radius 1 is 0.323 bits per heavy atom. The van der Waals surface area contributed by atoms with Crippen LogP contribution in [0.25, 0.3) is 51.5 Å². The van der Waals surface area contributed by atoms with E-state index < -0.39 is 0 Å². The molecule has 6 heterocycles. The van der Waals surface area contributed by atoms with Crippen LogP contribution in [0.2, 0.25) is 0 Å². The fraction of sp³-hybridized carbons (Fsp3) is 0.636. The Balaban J connectivity index is 1.18. The van der Waals surface area contributed by atoms with Crippen molar-refractivity contribution in [2.24, 2.45) is 11.8 Å². The Kier molecular flexibility index (Phi) is 36.3. The predicted molar refractivity (Wildman–Crippen MR) is 429 cm³/mol. The molecule has 0 saturated carbocycles. The molecule has 0 saturated heterocycles. The predicted octanol–water partition coefficient (Wildman–Crippen LogP) is 29.8. The summed E-state index contributed by atoms with van der Waals surface area (Å²) in [5.41, 5.74) is 10.4. The fourth-order valence-electron chi connectivity index (χ4n) is 15.5. The van der Waals surface area contributed by atoms with Gasteiger partial charge in [0.25, 0.3) is 11.8 Å². The standard InChI is InChI=1S/C88H130N2O2S4/c1-7-13-19-25-29-31-33-35-39-45-53-73-65-81(95-85(73)79-55-47-61-93-79)71-57-59-75-77(63-71)89(67-69(49-41-23-17-11-5)51-43-37-27-21-15-9-3)87(91)83(75)84-76-60-58-72(64-78(76)90(88(84)92)68-70(50-42-24-18-12-6)52-44-38-28-22-16-10-4)82-66-74(86(96-82)80-56-48-62-94-80)54-46-40-36-34-32-30-26-20-14-8-2/h47-48,55-66,69-70H,7-46,49-54,67-68H2,1-6H3. The molecule has 2 aliphatic heterocycles. The van der Waals surface area contributed by atoms with Crippen molar-refractivity contribution in [1.82, 2.24) is 0 Å². The Bertz CT molecular complexity index is 2930. The van der Waals surface area contributed by atoms with Gasteiger partial charge in [0.05, 0.1) is 22.5 Å². The maximum atomic E-state index is 16.3. The second kappa shape index (κ2) is 44.9. The van der Waals surface area contributed by atoms with Crippen LogP contribution in [0, 0.1) is 11.8 Å². The summed E-state index contributed by atoms with van der Waals surface area (Å²) in [7, 11) is 0. The lowest BCUT2D eigenvalue weighted by Crippen LogP contribution is -2.34. The SMILES string of the molecule is CCCCCCCCCCCCc1cc(-c2ccc3c(c2)N(CC(CCCCCC)CCCCCCCC)C(=O)C3=C2C(=O)N(CC(CCCCCC)CCCCCCCC)c3cc(-c4cc(CCCCCCCCCCCC)c(-c5cccs5)s4)ccc32)sc1-c1cccs1. The van der Waals surface area contributed by atoms with Gasteiger partial charge >= 0.3 is 0 Å². The zero-order valence-corrected chi connectivity index (χ0v) is 64.8. The number of aryl methyl sites for hydroxylation is 2. The molecule has 6 aromatic rings. The number of amides is 2. The monoisotopic (exact) mass is 1370 g/mol. The van der Waals surface area contributed by atoms with Gasteiger partial charge in [0.1, 0.15) is 0 Å². The van der Waals surface area contributed by atoms with Crippen LogP contribution in [-0.4, -0.2) is 24.9 Å². The minimum Gasteiger partial charge on any atom is -0.307 e. The van der Waals surface area contributed by atoms with Gasteiger partial charge in [-0.25, -0.2) is 0 Å². The molecule has 8 rings (SSSR count). The maximum Gasteiger partial charge on any atom is 0.259 e. The van der Waals surface area contributed by atoms with E-state index in [-0.39, 0.29) is 11.8 Å². The second-order valence-electron chi connectivity index (χ2n) is 29.3. The van der Waals surface area contributed by atoms with E-state index in [9.17, 15) is 0 Å². The van der Waals surface area contributed by atoms with Crippen molar-refractivity contribution in [1.29, 1.82) is 0 Å². The third-order valence-corrected chi connectivity index (χ3v) is 25.9. The molecule has 96 heavy (non-hydrogen) atoms. The first-order chi connectivity index (χ1) is 47.3. The number of benzene rings is 2. The molecule has 2 amide bonds. The normalized spacial score (nSPS) is 14.5. The minimum absolute atomic E-state index is 0.0228. The van der Waals surface area contributed by atoms with E-state index in [4.69, 9.17) is 0 Å². The molecule has 0 fully saturated rings. The number of thiophene rings is 4. The lowest BCUT2D eigenvalue weighted by molar-refractivity contribution is -0.114. The lowest BCUT2D eigenvalue weighted by Gasteiger charge is -2.25. The topological polar surface area (TPSA) is 40.6 Å². The highest BCUT2D eigenvalue weighted by Crippen LogP contribution is 2.52. The zero-order chi connectivity index (χ0) is 67.4. The van der Waals surface area contributed by atoms with E-state index in [0.717, 1.165) is 61.0 Å². The molecule has 4 nitrogen and oxygen atoms in total. The number of nitrogens with zero attached hydrogens (tertiary/aromatic N) is 2. The number of anilines is 2. The van der Waals surface area contributed by atoms with Gasteiger partial charge < -0.3 is 9.80 Å². The summed E-state index contributed by atoms with van der Waals surface area (Å²) >= 11 is 7.58. The highest BCUT2D eigenvalue weighted by molar-refractivity contribution is 7.24. The van der Waals surface area contributed by atoms with Gasteiger partial charge in [0.15, 0.2) is 0 Å². The van der Waals surface area contributed by atoms with Crippen molar-refractivity contribution >= 4 is 79.7 Å². The van der Waals surface area contributed by atoms with Crippen molar-refractivity contribution in [2.75, 3.05) is 22.9 Å². The molecule has 0 aliphatic carbocycles. The average molecular weight is 1380 g/mol. The minimum atomic E-state index is 0.0228. The van der Waals surface area contributed by atoms with Crippen molar-refractivity contribution in [3.8, 4) is 40.4 Å². The van der Waals surface area contributed by atoms with E-state index in [2.05, 4.69) is 135 Å². The van der Waals surface area contributed by atoms with Gasteiger partial charge in [-0.3, -0.25) is 9.59 Å². The molecule has 2 unspecified atom stereocenters. The third kappa shape index (κ3) is 24.1. The van der Waals surface area contributed by atoms with Gasteiger partial charge in [-0.15, -0.1) is 45.3 Å². The first-order valence-electron chi connectivity index (χ1n) is 40.3. The van der Waals surface area contributed by atoms with Crippen molar-refractivity contribution in [3.63, 3.8) is 0 Å². The molecular weight excluding hydrogens is 1250 g/mol. The van der Waals surface area contributed by atoms with Crippen LogP contribution in [0.15, 0.2) is 83.6 Å². The van der Waals surface area contributed by atoms with Crippen LogP contribution >= 0.6 is 45.3 Å². The highest BCUT2D eigenvalue weighted by atomic mass is 32.1. The molecule has 0 N–H and O–H groups in total. The molecule has 528 valence electrons. The quantitative estimate of drug-likeness (QED) is 0.0282. The number of hydrogen-bond acceptors (Lipinski definition) is 6. The van der Waals surface area contributed by atoms with Crippen molar-refractivity contribution in [3.05, 3.63) is 106 Å². The molecular formula is C88H130N2O2S4. The number of carbonyl (C=O) groups is 2. The summed E-state index contributed by atoms with van der Waals surface area (Å²) in [5.74, 6) is 0.821. The summed E-state index contributed by atoms with van der Waals surface area (Å²) in [4.78, 5) is 45.1. The van der Waals surface area contributed by atoms with Crippen LogP contribution < -0.4 is 9.80 Å². The Labute approximate surface area is 602 Å². The molecule has 0 bridgehead atoms. The average Bonchev–Trinajstić information content (AvgIpc) is 1.57. The van der Waals surface area contributed by atoms with Gasteiger partial charge in [-0.2, -0.15) is 0 Å². The third-order valence-electron chi connectivity index (χ3n) is 21.3. The second-order valence-corrected chi connectivity index (χ2v) is 33.3. The maximum absolute atomic E-state index is 16.3. The molecule has 0 spiro atoms. The van der Waals surface area contributed by atoms with Crippen LogP contribution in [-0.2, 0) is 22.4 Å². The molecule has 2 aliphatic rings. The molecule has 2 atom stereocenters. The highest BCUT2D eigenvalue weighted by Gasteiger charge is 2.43. The summed E-state index contributed by atoms with van der Waals surface area (Å²) in [5, 5.41) is 4.45. The van der Waals surface area contributed by atoms with Crippen LogP contribution in [0.5, 0.6) is 0 Å². The van der Waals surface area contributed by atoms with Gasteiger partial charge in [-0.05, 0) is 133 Å².